The van der Waals surface area contributed by atoms with E-state index >= 15 is 0 Å². The molecular weight excluding hydrogens is 229 g/mol. The predicted molar refractivity (Wildman–Crippen MR) is 60.3 cm³/mol. The standard InChI is InChI=1S/C12H11F3N2/c1-17-7-9(6-11(17)16)8-3-2-4-10(5-8)12(13,14)15/h2-7H,16H2,1H3. The lowest BCUT2D eigenvalue weighted by Crippen LogP contribution is -2.04. The molecule has 1 aromatic heterocycles. The minimum Gasteiger partial charge on any atom is -0.385 e. The molecule has 0 bridgehead atoms. The molecule has 17 heavy (non-hydrogen) atoms. The van der Waals surface area contributed by atoms with E-state index in [0.717, 1.165) is 12.1 Å². The molecule has 90 valence electrons. The van der Waals surface area contributed by atoms with Crippen LogP contribution in [0.3, 0.4) is 0 Å². The van der Waals surface area contributed by atoms with Gasteiger partial charge in [0.2, 0.25) is 0 Å². The van der Waals surface area contributed by atoms with Crippen molar-refractivity contribution in [2.45, 2.75) is 6.18 Å². The number of rotatable bonds is 1. The number of halogens is 3. The molecule has 2 aromatic rings. The zero-order chi connectivity index (χ0) is 12.6. The van der Waals surface area contributed by atoms with Crippen molar-refractivity contribution in [3.63, 3.8) is 0 Å². The van der Waals surface area contributed by atoms with Gasteiger partial charge in [-0.05, 0) is 23.8 Å². The lowest BCUT2D eigenvalue weighted by molar-refractivity contribution is -0.137. The van der Waals surface area contributed by atoms with Crippen molar-refractivity contribution in [1.29, 1.82) is 0 Å². The normalized spacial score (nSPS) is 11.8. The summed E-state index contributed by atoms with van der Waals surface area (Å²) in [6.45, 7) is 0. The molecule has 0 aliphatic rings. The fourth-order valence-electron chi connectivity index (χ4n) is 1.61. The second-order valence-corrected chi connectivity index (χ2v) is 3.84. The third-order valence-electron chi connectivity index (χ3n) is 2.57. The van der Waals surface area contributed by atoms with Gasteiger partial charge < -0.3 is 10.3 Å². The molecule has 0 amide bonds. The SMILES string of the molecule is Cn1cc(-c2cccc(C(F)(F)F)c2)cc1N. The number of nitrogen functional groups attached to an aromatic ring is 1. The molecule has 0 spiro atoms. The minimum atomic E-state index is -4.32. The van der Waals surface area contributed by atoms with Crippen LogP contribution in [0.4, 0.5) is 19.0 Å². The first kappa shape index (κ1) is 11.6. The van der Waals surface area contributed by atoms with Crippen molar-refractivity contribution in [2.75, 3.05) is 5.73 Å². The number of aromatic nitrogens is 1. The summed E-state index contributed by atoms with van der Waals surface area (Å²) >= 11 is 0. The summed E-state index contributed by atoms with van der Waals surface area (Å²) in [6.07, 6.45) is -2.62. The number of alkyl halides is 3. The van der Waals surface area contributed by atoms with Crippen LogP contribution in [0.2, 0.25) is 0 Å². The van der Waals surface area contributed by atoms with E-state index in [4.69, 9.17) is 5.73 Å². The van der Waals surface area contributed by atoms with E-state index in [1.165, 1.54) is 6.07 Å². The first-order valence-corrected chi connectivity index (χ1v) is 4.97. The topological polar surface area (TPSA) is 30.9 Å². The number of nitrogens with zero attached hydrogens (tertiary/aromatic N) is 1. The maximum atomic E-state index is 12.5. The predicted octanol–water partition coefficient (Wildman–Crippen LogP) is 3.29. The third kappa shape index (κ3) is 2.27. The third-order valence-corrected chi connectivity index (χ3v) is 2.57. The van der Waals surface area contributed by atoms with Crippen LogP contribution in [0.5, 0.6) is 0 Å². The molecule has 5 heteroatoms. The van der Waals surface area contributed by atoms with Gasteiger partial charge in [0.15, 0.2) is 0 Å². The van der Waals surface area contributed by atoms with Crippen LogP contribution in [0, 0.1) is 0 Å². The summed E-state index contributed by atoms with van der Waals surface area (Å²) in [7, 11) is 1.74. The highest BCUT2D eigenvalue weighted by Crippen LogP contribution is 2.32. The summed E-state index contributed by atoms with van der Waals surface area (Å²) in [5.74, 6) is 0.511. The first-order valence-electron chi connectivity index (χ1n) is 4.97. The van der Waals surface area contributed by atoms with Crippen LogP contribution in [0.1, 0.15) is 5.56 Å². The van der Waals surface area contributed by atoms with Gasteiger partial charge in [-0.25, -0.2) is 0 Å². The average Bonchev–Trinajstić information content (AvgIpc) is 2.58. The molecule has 0 saturated heterocycles. The van der Waals surface area contributed by atoms with Crippen molar-refractivity contribution in [3.05, 3.63) is 42.1 Å². The molecule has 0 atom stereocenters. The molecular formula is C12H11F3N2. The second kappa shape index (κ2) is 3.84. The van der Waals surface area contributed by atoms with Gasteiger partial charge >= 0.3 is 6.18 Å². The Hall–Kier alpha value is -1.91. The molecule has 0 radical (unpaired) electrons. The Bertz CT molecular complexity index is 521. The highest BCUT2D eigenvalue weighted by atomic mass is 19.4. The molecule has 0 unspecified atom stereocenters. The molecule has 2 N–H and O–H groups in total. The van der Waals surface area contributed by atoms with Crippen molar-refractivity contribution in [3.8, 4) is 11.1 Å². The Kier molecular flexibility index (Phi) is 2.61. The molecule has 0 fully saturated rings. The smallest absolute Gasteiger partial charge is 0.385 e. The summed E-state index contributed by atoms with van der Waals surface area (Å²) in [4.78, 5) is 0. The summed E-state index contributed by atoms with van der Waals surface area (Å²) in [6, 6.07) is 6.84. The van der Waals surface area contributed by atoms with Gasteiger partial charge in [-0.3, -0.25) is 0 Å². The summed E-state index contributed by atoms with van der Waals surface area (Å²) < 4.78 is 39.3. The van der Waals surface area contributed by atoms with Crippen molar-refractivity contribution >= 4 is 5.82 Å². The lowest BCUT2D eigenvalue weighted by Gasteiger charge is -2.07. The van der Waals surface area contributed by atoms with Crippen molar-refractivity contribution in [2.24, 2.45) is 7.05 Å². The Labute approximate surface area is 96.5 Å². The maximum Gasteiger partial charge on any atom is 0.416 e. The van der Waals surface area contributed by atoms with Crippen LogP contribution in [-0.2, 0) is 13.2 Å². The fraction of sp³-hybridized carbons (Fsp3) is 0.167. The van der Waals surface area contributed by atoms with Crippen LogP contribution in [0.25, 0.3) is 11.1 Å². The maximum absolute atomic E-state index is 12.5. The molecule has 2 rings (SSSR count). The van der Waals surface area contributed by atoms with Gasteiger partial charge in [0.05, 0.1) is 5.56 Å². The summed E-state index contributed by atoms with van der Waals surface area (Å²) in [5.41, 5.74) is 6.17. The molecule has 2 nitrogen and oxygen atoms in total. The van der Waals surface area contributed by atoms with Gasteiger partial charge in [0.1, 0.15) is 5.82 Å². The summed E-state index contributed by atoms with van der Waals surface area (Å²) in [5, 5.41) is 0. The fourth-order valence-corrected chi connectivity index (χ4v) is 1.61. The van der Waals surface area contributed by atoms with E-state index in [1.54, 1.807) is 29.9 Å². The van der Waals surface area contributed by atoms with Gasteiger partial charge in [0, 0.05) is 18.8 Å². The lowest BCUT2D eigenvalue weighted by atomic mass is 10.1. The van der Waals surface area contributed by atoms with Crippen LogP contribution in [-0.4, -0.2) is 4.57 Å². The molecule has 0 aliphatic heterocycles. The second-order valence-electron chi connectivity index (χ2n) is 3.84. The highest BCUT2D eigenvalue weighted by Gasteiger charge is 2.30. The van der Waals surface area contributed by atoms with Gasteiger partial charge in [-0.1, -0.05) is 12.1 Å². The van der Waals surface area contributed by atoms with Crippen LogP contribution in [0.15, 0.2) is 36.5 Å². The number of anilines is 1. The Morgan fingerprint density at radius 1 is 1.12 bits per heavy atom. The Morgan fingerprint density at radius 2 is 1.82 bits per heavy atom. The van der Waals surface area contributed by atoms with E-state index in [0.29, 0.717) is 16.9 Å². The quantitative estimate of drug-likeness (QED) is 0.814. The van der Waals surface area contributed by atoms with Gasteiger partial charge in [-0.15, -0.1) is 0 Å². The average molecular weight is 240 g/mol. The zero-order valence-corrected chi connectivity index (χ0v) is 9.12. The van der Waals surface area contributed by atoms with Gasteiger partial charge in [-0.2, -0.15) is 13.2 Å². The van der Waals surface area contributed by atoms with E-state index < -0.39 is 11.7 Å². The van der Waals surface area contributed by atoms with E-state index in [9.17, 15) is 13.2 Å². The zero-order valence-electron chi connectivity index (χ0n) is 9.12. The van der Waals surface area contributed by atoms with Crippen LogP contribution >= 0.6 is 0 Å². The minimum absolute atomic E-state index is 0.507. The number of nitrogens with two attached hydrogens (primary N) is 1. The number of aryl methyl sites for hydroxylation is 1. The molecule has 0 saturated carbocycles. The van der Waals surface area contributed by atoms with Crippen molar-refractivity contribution < 1.29 is 13.2 Å². The van der Waals surface area contributed by atoms with Gasteiger partial charge in [0.25, 0.3) is 0 Å². The van der Waals surface area contributed by atoms with E-state index in [2.05, 4.69) is 0 Å². The molecule has 0 aliphatic carbocycles. The number of benzene rings is 1. The molecule has 1 aromatic carbocycles. The largest absolute Gasteiger partial charge is 0.416 e. The molecule has 1 heterocycles. The van der Waals surface area contributed by atoms with Crippen LogP contribution < -0.4 is 5.73 Å². The van der Waals surface area contributed by atoms with E-state index in [1.807, 2.05) is 0 Å². The Morgan fingerprint density at radius 3 is 2.35 bits per heavy atom. The van der Waals surface area contributed by atoms with Crippen molar-refractivity contribution in [1.82, 2.24) is 4.57 Å². The highest BCUT2D eigenvalue weighted by molar-refractivity contribution is 5.67. The monoisotopic (exact) mass is 240 g/mol. The number of hydrogen-bond donors (Lipinski definition) is 1. The Balaban J connectivity index is 2.47. The first-order chi connectivity index (χ1) is 7.88. The number of hydrogen-bond acceptors (Lipinski definition) is 1. The van der Waals surface area contributed by atoms with E-state index in [-0.39, 0.29) is 0 Å².